The summed E-state index contributed by atoms with van der Waals surface area (Å²) < 4.78 is 35.3. The highest BCUT2D eigenvalue weighted by molar-refractivity contribution is 5.81. The van der Waals surface area contributed by atoms with Crippen LogP contribution in [-0.4, -0.2) is 27.1 Å². The van der Waals surface area contributed by atoms with Gasteiger partial charge in [-0.3, -0.25) is 4.79 Å². The molecule has 1 saturated carbocycles. The van der Waals surface area contributed by atoms with Crippen LogP contribution in [0.2, 0.25) is 0 Å². The summed E-state index contributed by atoms with van der Waals surface area (Å²) >= 11 is 0. The Hall–Kier alpha value is -3.22. The SMILES string of the molecule is CCCN(Cc1c(C)nn(-c2ccccc2)c1Oc1ccc(F)cc1F)C(=O)C1CC1. The number of carbonyl (C=O) groups excluding carboxylic acids is 1. The average molecular weight is 425 g/mol. The lowest BCUT2D eigenvalue weighted by Gasteiger charge is -2.23. The van der Waals surface area contributed by atoms with Gasteiger partial charge >= 0.3 is 0 Å². The number of amides is 1. The first-order valence-electron chi connectivity index (χ1n) is 10.5. The Morgan fingerprint density at radius 2 is 1.94 bits per heavy atom. The molecule has 31 heavy (non-hydrogen) atoms. The predicted molar refractivity (Wildman–Crippen MR) is 113 cm³/mol. The van der Waals surface area contributed by atoms with Crippen LogP contribution in [0.4, 0.5) is 8.78 Å². The van der Waals surface area contributed by atoms with Gasteiger partial charge in [0, 0.05) is 18.5 Å². The highest BCUT2D eigenvalue weighted by atomic mass is 19.1. The van der Waals surface area contributed by atoms with E-state index in [1.165, 1.54) is 6.07 Å². The zero-order valence-corrected chi connectivity index (χ0v) is 17.6. The molecule has 162 valence electrons. The van der Waals surface area contributed by atoms with Crippen molar-refractivity contribution in [2.75, 3.05) is 6.54 Å². The van der Waals surface area contributed by atoms with E-state index in [-0.39, 0.29) is 17.6 Å². The second-order valence-corrected chi connectivity index (χ2v) is 7.83. The minimum Gasteiger partial charge on any atom is -0.435 e. The predicted octanol–water partition coefficient (Wildman–Crippen LogP) is 5.40. The zero-order valence-electron chi connectivity index (χ0n) is 17.6. The van der Waals surface area contributed by atoms with E-state index in [0.29, 0.717) is 30.2 Å². The fraction of sp³-hybridized carbons (Fsp3) is 0.333. The second kappa shape index (κ2) is 8.88. The van der Waals surface area contributed by atoms with Crippen molar-refractivity contribution in [2.45, 2.75) is 39.7 Å². The third-order valence-electron chi connectivity index (χ3n) is 5.32. The molecular formula is C24H25F2N3O2. The zero-order chi connectivity index (χ0) is 22.0. The molecule has 0 atom stereocenters. The highest BCUT2D eigenvalue weighted by Gasteiger charge is 2.34. The second-order valence-electron chi connectivity index (χ2n) is 7.83. The van der Waals surface area contributed by atoms with Crippen LogP contribution in [-0.2, 0) is 11.3 Å². The van der Waals surface area contributed by atoms with Crippen LogP contribution < -0.4 is 4.74 Å². The number of benzene rings is 2. The lowest BCUT2D eigenvalue weighted by Crippen LogP contribution is -2.32. The molecule has 0 saturated heterocycles. The largest absolute Gasteiger partial charge is 0.435 e. The van der Waals surface area contributed by atoms with Crippen molar-refractivity contribution >= 4 is 5.91 Å². The Bertz CT molecular complexity index is 1080. The van der Waals surface area contributed by atoms with E-state index in [1.807, 2.05) is 49.1 Å². The molecule has 1 fully saturated rings. The molecule has 5 nitrogen and oxygen atoms in total. The van der Waals surface area contributed by atoms with Crippen molar-refractivity contribution in [1.82, 2.24) is 14.7 Å². The van der Waals surface area contributed by atoms with Crippen molar-refractivity contribution in [3.63, 3.8) is 0 Å². The maximum atomic E-state index is 14.4. The first-order valence-corrected chi connectivity index (χ1v) is 10.5. The third-order valence-corrected chi connectivity index (χ3v) is 5.32. The Kier molecular flexibility index (Phi) is 6.02. The summed E-state index contributed by atoms with van der Waals surface area (Å²) in [4.78, 5) is 14.6. The van der Waals surface area contributed by atoms with Crippen LogP contribution in [0.3, 0.4) is 0 Å². The molecule has 4 rings (SSSR count). The number of aromatic nitrogens is 2. The van der Waals surface area contributed by atoms with Gasteiger partial charge in [0.15, 0.2) is 11.6 Å². The summed E-state index contributed by atoms with van der Waals surface area (Å²) in [5, 5.41) is 4.61. The normalized spacial score (nSPS) is 13.3. The van der Waals surface area contributed by atoms with Crippen molar-refractivity contribution in [3.8, 4) is 17.3 Å². The van der Waals surface area contributed by atoms with E-state index in [9.17, 15) is 13.6 Å². The van der Waals surface area contributed by atoms with Gasteiger partial charge in [0.25, 0.3) is 0 Å². The summed E-state index contributed by atoms with van der Waals surface area (Å²) in [7, 11) is 0. The van der Waals surface area contributed by atoms with E-state index in [1.54, 1.807) is 4.68 Å². The van der Waals surface area contributed by atoms with Crippen molar-refractivity contribution in [2.24, 2.45) is 5.92 Å². The third kappa shape index (κ3) is 4.60. The van der Waals surface area contributed by atoms with Crippen molar-refractivity contribution in [3.05, 3.63) is 71.4 Å². The first kappa shape index (κ1) is 21.0. The summed E-state index contributed by atoms with van der Waals surface area (Å²) in [5.74, 6) is -1.04. The minimum absolute atomic E-state index is 0.0925. The number of nitrogens with zero attached hydrogens (tertiary/aromatic N) is 3. The standard InChI is InChI=1S/C24H25F2N3O2/c1-3-13-28(23(30)17-9-10-17)15-20-16(2)27-29(19-7-5-4-6-8-19)24(20)31-22-12-11-18(25)14-21(22)26/h4-8,11-12,14,17H,3,9-10,13,15H2,1-2H3. The molecule has 1 aromatic heterocycles. The van der Waals surface area contributed by atoms with Gasteiger partial charge in [-0.1, -0.05) is 25.1 Å². The molecule has 3 aromatic rings. The number of para-hydroxylation sites is 1. The fourth-order valence-corrected chi connectivity index (χ4v) is 3.55. The summed E-state index contributed by atoms with van der Waals surface area (Å²) in [6.07, 6.45) is 2.67. The van der Waals surface area contributed by atoms with Crippen molar-refractivity contribution in [1.29, 1.82) is 0 Å². The quantitative estimate of drug-likeness (QED) is 0.486. The van der Waals surface area contributed by atoms with E-state index < -0.39 is 11.6 Å². The number of halogens is 2. The molecule has 7 heteroatoms. The molecule has 2 aromatic carbocycles. The molecule has 0 spiro atoms. The van der Waals surface area contributed by atoms with E-state index in [4.69, 9.17) is 4.74 Å². The Morgan fingerprint density at radius 3 is 2.58 bits per heavy atom. The fourth-order valence-electron chi connectivity index (χ4n) is 3.55. The molecular weight excluding hydrogens is 400 g/mol. The summed E-state index contributed by atoms with van der Waals surface area (Å²) in [5.41, 5.74) is 2.13. The van der Waals surface area contributed by atoms with Crippen LogP contribution in [0.1, 0.15) is 37.4 Å². The molecule has 0 aliphatic heterocycles. The number of rotatable bonds is 8. The highest BCUT2D eigenvalue weighted by Crippen LogP contribution is 2.35. The smallest absolute Gasteiger partial charge is 0.228 e. The molecule has 0 N–H and O–H groups in total. The van der Waals surface area contributed by atoms with Gasteiger partial charge in [-0.25, -0.2) is 13.5 Å². The van der Waals surface area contributed by atoms with E-state index in [2.05, 4.69) is 5.10 Å². The number of hydrogen-bond acceptors (Lipinski definition) is 3. The van der Waals surface area contributed by atoms with Crippen molar-refractivity contribution < 1.29 is 18.3 Å². The van der Waals surface area contributed by atoms with E-state index in [0.717, 1.165) is 37.1 Å². The molecule has 0 bridgehead atoms. The van der Waals surface area contributed by atoms with Gasteiger partial charge in [0.1, 0.15) is 5.82 Å². The lowest BCUT2D eigenvalue weighted by atomic mass is 10.2. The van der Waals surface area contributed by atoms with Gasteiger partial charge in [0.05, 0.1) is 23.5 Å². The number of aryl methyl sites for hydroxylation is 1. The molecule has 0 radical (unpaired) electrons. The monoisotopic (exact) mass is 425 g/mol. The van der Waals surface area contributed by atoms with Gasteiger partial charge in [0.2, 0.25) is 11.8 Å². The molecule has 1 amide bonds. The summed E-state index contributed by atoms with van der Waals surface area (Å²) in [6, 6.07) is 12.5. The van der Waals surface area contributed by atoms with Crippen LogP contribution in [0.5, 0.6) is 11.6 Å². The van der Waals surface area contributed by atoms with Gasteiger partial charge in [-0.15, -0.1) is 0 Å². The van der Waals surface area contributed by atoms with E-state index >= 15 is 0 Å². The number of ether oxygens (including phenoxy) is 1. The Balaban J connectivity index is 1.76. The average Bonchev–Trinajstić information content (AvgIpc) is 3.56. The Morgan fingerprint density at radius 1 is 1.19 bits per heavy atom. The van der Waals surface area contributed by atoms with Crippen LogP contribution >= 0.6 is 0 Å². The molecule has 1 heterocycles. The van der Waals surface area contributed by atoms with Crippen LogP contribution in [0, 0.1) is 24.5 Å². The van der Waals surface area contributed by atoms with Gasteiger partial charge in [-0.05, 0) is 50.5 Å². The number of carbonyl (C=O) groups is 1. The van der Waals surface area contributed by atoms with Crippen LogP contribution in [0.15, 0.2) is 48.5 Å². The molecule has 1 aliphatic rings. The summed E-state index contributed by atoms with van der Waals surface area (Å²) in [6.45, 7) is 4.81. The lowest BCUT2D eigenvalue weighted by molar-refractivity contribution is -0.133. The first-order chi connectivity index (χ1) is 15.0. The molecule has 1 aliphatic carbocycles. The Labute approximate surface area is 180 Å². The number of hydrogen-bond donors (Lipinski definition) is 0. The maximum Gasteiger partial charge on any atom is 0.228 e. The van der Waals surface area contributed by atoms with Gasteiger partial charge < -0.3 is 9.64 Å². The van der Waals surface area contributed by atoms with Crippen LogP contribution in [0.25, 0.3) is 5.69 Å². The maximum absolute atomic E-state index is 14.4. The minimum atomic E-state index is -0.802. The topological polar surface area (TPSA) is 47.4 Å². The van der Waals surface area contributed by atoms with Gasteiger partial charge in [-0.2, -0.15) is 5.10 Å². The molecule has 0 unspecified atom stereocenters.